The number of para-hydroxylation sites is 1. The molecule has 18 N–H and O–H groups in total. The lowest BCUT2D eigenvalue weighted by molar-refractivity contribution is -0.149. The number of hydrogen-bond donors (Lipinski definition) is 16. The van der Waals surface area contributed by atoms with Gasteiger partial charge in [-0.05, 0) is 135 Å². The SMILES string of the molecule is CCCC[C@H]1C(=O)N(C)[C@@H](CCCC)C(=O)N[C@H]2CCC(=O)NCCCC[C@H](NC(=O)[C@H](Cc3c[nH]c4ccccc34)NC(=O)[C@@H]3CCCN3C(=O)[C@H](CC(C)C)NC(=O)[C@H](Cc3cnc[nH]3)NC(=O)[C@@H]3CCCN3C(=O)[C@H](CC(N)=O)NC(=O)[C@H](C)N(C)C(=O)[C@H](Cc3ccc(O)cc3)NC(=O)CSC[C@@H](C(=O)NCC(N)=O)NC2=O)C(=O)N[C@@H](Cc2csc3ccccc23)C(=O)N1C. The standard InChI is InChI=1S/C93H127N21O19S2/c1-9-11-25-71-86(126)103-63-34-35-78(118)97-36-18-17-24-62(82(122)108-68(42-56-48-135-75-29-16-14-22-60(56)75)90(130)112(8)74(26-12-10-2)93(133)111(71)7)102-84(124)64(41-55-45-98-61-23-15-13-21-59(55)61)104-87(127)72-27-19-37-113(72)91(131)66(39-52(3)4)107-85(125)65(43-57-46-96-51-100-57)105-88(128)73-28-20-38-114(73)92(132)69(44-76(94)116)106-80(120)53(5)110(6)89(129)67(40-54-30-32-58(115)33-31-54)101-79(119)50-134-49-70(109-83(63)123)81(121)99-47-77(95)117/h13-16,21-23,29-33,45-46,48,51-53,62-74,98,115H,9-12,17-20,24-28,34-44,47,49-50H2,1-8H3,(H2,94,116)(H2,95,117)(H,96,100)(H,97,118)(H,99,121)(H,101,119)(H,102,124)(H,103,126)(H,104,127)(H,105,128)(H,106,120)(H,107,125)(H,108,122)(H,109,123)/t53-,62-,63-,64-,65-,66-,67-,68-,69-,70-,71-,72-,73-,74-/m0/s1. The van der Waals surface area contributed by atoms with Gasteiger partial charge in [0.05, 0.1) is 25.0 Å². The molecule has 40 nitrogen and oxygen atoms in total. The molecular weight excluding hydrogens is 1780 g/mol. The number of carbonyl (C=O) groups is 18. The third kappa shape index (κ3) is 28.8. The smallest absolute Gasteiger partial charge is 0.246 e. The lowest BCUT2D eigenvalue weighted by atomic mass is 9.99. The Morgan fingerprint density at radius 3 is 1.76 bits per heavy atom. The number of H-pyrrole nitrogens is 2. The van der Waals surface area contributed by atoms with E-state index in [9.17, 15) is 48.3 Å². The zero-order chi connectivity index (χ0) is 97.9. The zero-order valence-electron chi connectivity index (χ0n) is 77.4. The highest BCUT2D eigenvalue weighted by Crippen LogP contribution is 2.30. The first-order valence-electron chi connectivity index (χ1n) is 46.1. The van der Waals surface area contributed by atoms with E-state index in [4.69, 9.17) is 11.5 Å². The molecule has 0 radical (unpaired) electrons. The number of aromatic nitrogens is 3. The number of nitrogens with zero attached hydrogens (tertiary/aromatic N) is 6. The number of unbranched alkanes of at least 4 members (excludes halogenated alkanes) is 2. The molecule has 18 amide bonds. The van der Waals surface area contributed by atoms with Crippen molar-refractivity contribution in [3.05, 3.63) is 119 Å². The molecule has 14 atom stereocenters. The van der Waals surface area contributed by atoms with E-state index in [2.05, 4.69) is 73.4 Å². The van der Waals surface area contributed by atoms with Gasteiger partial charge in [-0.3, -0.25) is 86.3 Å². The van der Waals surface area contributed by atoms with Crippen LogP contribution in [0, 0.1) is 5.92 Å². The van der Waals surface area contributed by atoms with Gasteiger partial charge in [-0.1, -0.05) is 102 Å². The van der Waals surface area contributed by atoms with Gasteiger partial charge < -0.3 is 110 Å². The van der Waals surface area contributed by atoms with Crippen LogP contribution in [-0.4, -0.2) is 294 Å². The number of amides is 18. The molecule has 7 heterocycles. The highest BCUT2D eigenvalue weighted by atomic mass is 32.2. The molecule has 0 unspecified atom stereocenters. The average molecular weight is 1910 g/mol. The van der Waals surface area contributed by atoms with Crippen LogP contribution in [0.25, 0.3) is 21.0 Å². The minimum Gasteiger partial charge on any atom is -0.508 e. The van der Waals surface area contributed by atoms with E-state index in [-0.39, 0.29) is 121 Å². The molecule has 730 valence electrons. The maximum atomic E-state index is 15.9. The van der Waals surface area contributed by atoms with Gasteiger partial charge in [-0.25, -0.2) is 4.98 Å². The summed E-state index contributed by atoms with van der Waals surface area (Å²) in [7, 11) is 4.03. The summed E-state index contributed by atoms with van der Waals surface area (Å²) in [6.07, 6.45) is 4.33. The summed E-state index contributed by atoms with van der Waals surface area (Å²) in [4.78, 5) is 283. The highest BCUT2D eigenvalue weighted by molar-refractivity contribution is 8.00. The molecule has 6 aromatic rings. The fourth-order valence-corrected chi connectivity index (χ4v) is 19.1. The van der Waals surface area contributed by atoms with Crippen LogP contribution < -0.4 is 70.0 Å². The summed E-state index contributed by atoms with van der Waals surface area (Å²) in [5.74, 6) is -17.0. The molecule has 4 fully saturated rings. The number of nitrogens with one attached hydrogen (secondary N) is 13. The van der Waals surface area contributed by atoms with Gasteiger partial charge in [0.15, 0.2) is 0 Å². The van der Waals surface area contributed by atoms with Crippen molar-refractivity contribution in [1.82, 2.24) is 97.9 Å². The monoisotopic (exact) mass is 1910 g/mol. The third-order valence-corrected chi connectivity index (χ3v) is 27.0. The number of nitrogens with two attached hydrogens (primary N) is 2. The number of aromatic amines is 2. The number of fused-ring (bicyclic) bond motifs is 13. The van der Waals surface area contributed by atoms with E-state index < -0.39 is 228 Å². The molecule has 4 aliphatic heterocycles. The molecule has 0 spiro atoms. The van der Waals surface area contributed by atoms with Gasteiger partial charge in [0.1, 0.15) is 90.3 Å². The van der Waals surface area contributed by atoms with Crippen LogP contribution in [0.3, 0.4) is 0 Å². The van der Waals surface area contributed by atoms with Crippen LogP contribution in [0.4, 0.5) is 0 Å². The number of aromatic hydroxyl groups is 1. The molecule has 0 aliphatic carbocycles. The number of carbonyl (C=O) groups excluding carboxylic acids is 18. The van der Waals surface area contributed by atoms with Gasteiger partial charge in [0.2, 0.25) is 106 Å². The fraction of sp³-hybridized carbons (Fsp3) is 0.538. The number of phenolic OH excluding ortho intramolecular Hbond substituents is 1. The number of imidazole rings is 1. The minimum absolute atomic E-state index is 0.000636. The highest BCUT2D eigenvalue weighted by Gasteiger charge is 2.46. The topological polar surface area (TPSA) is 573 Å². The predicted molar refractivity (Wildman–Crippen MR) is 502 cm³/mol. The van der Waals surface area contributed by atoms with Crippen molar-refractivity contribution in [2.24, 2.45) is 17.4 Å². The molecule has 42 heteroatoms. The van der Waals surface area contributed by atoms with E-state index in [0.717, 1.165) is 31.6 Å². The Hall–Kier alpha value is -13.0. The Balaban J connectivity index is 1.06. The zero-order valence-corrected chi connectivity index (χ0v) is 79.1. The Morgan fingerprint density at radius 2 is 1.10 bits per heavy atom. The minimum atomic E-state index is -1.75. The maximum Gasteiger partial charge on any atom is 0.246 e. The molecule has 2 bridgehead atoms. The van der Waals surface area contributed by atoms with Gasteiger partial charge >= 0.3 is 0 Å². The Morgan fingerprint density at radius 1 is 0.533 bits per heavy atom. The molecule has 3 aromatic carbocycles. The van der Waals surface area contributed by atoms with E-state index >= 15 is 43.2 Å². The average Bonchev–Trinajstić information content (AvgIpc) is 1.55. The molecule has 3 aromatic heterocycles. The second kappa shape index (κ2) is 49.8. The summed E-state index contributed by atoms with van der Waals surface area (Å²) in [5.41, 5.74) is 13.9. The molecule has 135 heavy (non-hydrogen) atoms. The predicted octanol–water partition coefficient (Wildman–Crippen LogP) is 0.658. The Labute approximate surface area is 790 Å². The van der Waals surface area contributed by atoms with Crippen molar-refractivity contribution in [3.63, 3.8) is 0 Å². The van der Waals surface area contributed by atoms with Gasteiger partial charge in [0.25, 0.3) is 0 Å². The van der Waals surface area contributed by atoms with Crippen LogP contribution in [0.5, 0.6) is 5.75 Å². The summed E-state index contributed by atoms with van der Waals surface area (Å²) in [5, 5.41) is 43.8. The Kier molecular flexibility index (Phi) is 38.4. The summed E-state index contributed by atoms with van der Waals surface area (Å²) in [6, 6.07) is -0.468. The van der Waals surface area contributed by atoms with Gasteiger partial charge in [-0.2, -0.15) is 0 Å². The van der Waals surface area contributed by atoms with Crippen molar-refractivity contribution < 1.29 is 91.4 Å². The summed E-state index contributed by atoms with van der Waals surface area (Å²) < 4.78 is 0.861. The number of benzene rings is 3. The normalized spacial score (nSPS) is 25.1. The molecule has 4 aliphatic rings. The van der Waals surface area contributed by atoms with Crippen molar-refractivity contribution in [2.45, 2.75) is 254 Å². The van der Waals surface area contributed by atoms with Crippen LogP contribution in [0.15, 0.2) is 96.9 Å². The third-order valence-electron chi connectivity index (χ3n) is 24.9. The van der Waals surface area contributed by atoms with E-state index in [0.29, 0.717) is 59.0 Å². The molecule has 10 rings (SSSR count). The first-order valence-corrected chi connectivity index (χ1v) is 48.1. The van der Waals surface area contributed by atoms with Crippen molar-refractivity contribution in [1.29, 1.82) is 0 Å². The summed E-state index contributed by atoms with van der Waals surface area (Å²) in [6.45, 7) is 7.76. The van der Waals surface area contributed by atoms with Gasteiger partial charge in [-0.15, -0.1) is 23.1 Å². The quantitative estimate of drug-likeness (QED) is 0.0470. The van der Waals surface area contributed by atoms with E-state index in [1.165, 1.54) is 90.9 Å². The second-order valence-corrected chi connectivity index (χ2v) is 37.3. The lowest BCUT2D eigenvalue weighted by Gasteiger charge is -2.36. The first-order chi connectivity index (χ1) is 64.5. The van der Waals surface area contributed by atoms with Crippen molar-refractivity contribution >= 4 is 150 Å². The second-order valence-electron chi connectivity index (χ2n) is 35.4. The largest absolute Gasteiger partial charge is 0.508 e. The van der Waals surface area contributed by atoms with Crippen LogP contribution in [-0.2, 0) is 112 Å². The van der Waals surface area contributed by atoms with E-state index in [1.807, 2.05) is 69.5 Å². The van der Waals surface area contributed by atoms with Gasteiger partial charge in [0, 0.05) is 112 Å². The number of thiophene rings is 1. The maximum absolute atomic E-state index is 15.9. The first kappa shape index (κ1) is 104. The Bertz CT molecular complexity index is 5240. The number of rotatable bonds is 21. The van der Waals surface area contributed by atoms with Crippen LogP contribution >= 0.6 is 23.1 Å². The van der Waals surface area contributed by atoms with Crippen molar-refractivity contribution in [2.75, 3.05) is 58.8 Å². The lowest BCUT2D eigenvalue weighted by Crippen LogP contribution is -2.61. The molecular formula is C93H127N21O19S2. The van der Waals surface area contributed by atoms with E-state index in [1.54, 1.807) is 18.3 Å². The number of thioether (sulfide) groups is 1. The van der Waals surface area contributed by atoms with Crippen molar-refractivity contribution in [3.8, 4) is 5.75 Å². The number of hydrogen-bond acceptors (Lipinski definition) is 22. The summed E-state index contributed by atoms with van der Waals surface area (Å²) >= 11 is 2.16. The van der Waals surface area contributed by atoms with Crippen LogP contribution in [0.1, 0.15) is 166 Å². The van der Waals surface area contributed by atoms with Crippen LogP contribution in [0.2, 0.25) is 0 Å². The molecule has 0 saturated carbocycles. The number of phenols is 1. The number of primary amides is 2. The number of likely N-dealkylation sites (N-methyl/N-ethyl adjacent to an activating group) is 3. The molecule has 4 saturated heterocycles. The fourth-order valence-electron chi connectivity index (χ4n) is 17.3.